The molecule has 3 aliphatic heterocycles. The fourth-order valence-corrected chi connectivity index (χ4v) is 16.4. The van der Waals surface area contributed by atoms with Gasteiger partial charge in [0.25, 0.3) is 0 Å². The summed E-state index contributed by atoms with van der Waals surface area (Å²) in [6.45, 7) is 14.2. The smallest absolute Gasteiger partial charge is 0.204 e. The average molecular weight is 1190 g/mol. The summed E-state index contributed by atoms with van der Waals surface area (Å²) in [6.07, 6.45) is 35.5. The Morgan fingerprint density at radius 3 is 0.750 bits per heavy atom. The lowest BCUT2D eigenvalue weighted by molar-refractivity contribution is 0.123. The summed E-state index contributed by atoms with van der Waals surface area (Å²) in [5.74, 6) is 4.37. The molecule has 3 unspecified atom stereocenters. The van der Waals surface area contributed by atoms with Crippen molar-refractivity contribution < 1.29 is 63.3 Å². The molecule has 0 amide bonds. The van der Waals surface area contributed by atoms with Crippen LogP contribution in [0, 0.1) is 106 Å². The highest BCUT2D eigenvalue weighted by molar-refractivity contribution is 5.46. The molecule has 0 saturated heterocycles. The van der Waals surface area contributed by atoms with Crippen molar-refractivity contribution in [2.24, 2.45) is 71.0 Å². The van der Waals surface area contributed by atoms with E-state index in [1.165, 1.54) is 116 Å². The molecule has 9 aliphatic rings. The summed E-state index contributed by atoms with van der Waals surface area (Å²) in [5, 5.41) is 0. The molecule has 0 aromatic heterocycles. The lowest BCUT2D eigenvalue weighted by Crippen LogP contribution is -2.27. The summed E-state index contributed by atoms with van der Waals surface area (Å²) in [6, 6.07) is 4.94. The minimum absolute atomic E-state index is 0. The second-order valence-corrected chi connectivity index (χ2v) is 28.7. The van der Waals surface area contributed by atoms with Gasteiger partial charge in [-0.3, -0.25) is 0 Å². The van der Waals surface area contributed by atoms with Crippen molar-refractivity contribution in [2.45, 2.75) is 252 Å². The van der Waals surface area contributed by atoms with Crippen molar-refractivity contribution in [2.75, 3.05) is 19.8 Å². The molecule has 3 heterocycles. The zero-order chi connectivity index (χ0) is 59.0. The van der Waals surface area contributed by atoms with E-state index in [0.29, 0.717) is 56.8 Å². The number of benzene rings is 3. The summed E-state index contributed by atoms with van der Waals surface area (Å²) in [5.41, 5.74) is 2.17. The average Bonchev–Trinajstić information content (AvgIpc) is 0.973. The van der Waals surface area contributed by atoms with Crippen molar-refractivity contribution in [3.8, 4) is 34.5 Å². The Morgan fingerprint density at radius 1 is 0.310 bits per heavy atom. The van der Waals surface area contributed by atoms with Gasteiger partial charge < -0.3 is 28.4 Å². The predicted molar refractivity (Wildman–Crippen MR) is 333 cm³/mol. The van der Waals surface area contributed by atoms with Crippen LogP contribution in [0.2, 0.25) is 0 Å². The molecule has 6 fully saturated rings. The van der Waals surface area contributed by atoms with Gasteiger partial charge in [-0.1, -0.05) is 59.3 Å². The highest BCUT2D eigenvalue weighted by Gasteiger charge is 2.36. The van der Waals surface area contributed by atoms with Crippen molar-refractivity contribution in [3.05, 3.63) is 69.8 Å². The molecule has 84 heavy (non-hydrogen) atoms. The minimum Gasteiger partial charge on any atom is -0.490 e. The number of ether oxygens (including phenoxy) is 6. The van der Waals surface area contributed by atoms with Gasteiger partial charge in [0.15, 0.2) is 34.5 Å². The van der Waals surface area contributed by atoms with Crippen molar-refractivity contribution >= 4 is 0 Å². The van der Waals surface area contributed by atoms with E-state index >= 15 is 0 Å². The lowest BCUT2D eigenvalue weighted by Gasteiger charge is -2.37. The molecule has 3 aromatic rings. The summed E-state index contributed by atoms with van der Waals surface area (Å²) >= 11 is 0. The molecule has 12 heteroatoms. The second kappa shape index (κ2) is 29.4. The fourth-order valence-electron chi connectivity index (χ4n) is 16.4. The molecular formula is C72H114F6O6. The number of hydrogen-bond donors (Lipinski definition) is 0. The second-order valence-electron chi connectivity index (χ2n) is 28.7. The molecule has 3 atom stereocenters. The maximum atomic E-state index is 14.4. The van der Waals surface area contributed by atoms with E-state index in [9.17, 15) is 26.3 Å². The quantitative estimate of drug-likeness (QED) is 0.169. The Hall–Kier alpha value is -3.96. The van der Waals surface area contributed by atoms with Gasteiger partial charge in [-0.2, -0.15) is 26.3 Å². The molecule has 0 radical (unpaired) electrons. The third kappa shape index (κ3) is 16.0. The number of hydrogen-bond acceptors (Lipinski definition) is 6. The first-order valence-electron chi connectivity index (χ1n) is 33.9. The molecule has 3 aromatic carbocycles. The normalized spacial score (nSPS) is 33.1. The standard InChI is InChI=1S/3C24H34F2O2.6H2/c3*1-15-3-8-18(9-4-15)19-11-6-17(7-12-19)14-27-21-13-20-10-5-16(2)28-24(20)23(26)22(21)25;;;;;;/h3*13,15-19H,3-12,14H2,1-2H3;6*1H. The van der Waals surface area contributed by atoms with Crippen molar-refractivity contribution in [1.82, 2.24) is 0 Å². The van der Waals surface area contributed by atoms with E-state index in [4.69, 9.17) is 28.4 Å². The monoisotopic (exact) mass is 1190 g/mol. The van der Waals surface area contributed by atoms with Crippen LogP contribution in [-0.4, -0.2) is 38.1 Å². The van der Waals surface area contributed by atoms with E-state index in [-0.39, 0.29) is 61.4 Å². The minimum atomic E-state index is -0.905. The Kier molecular flexibility index (Phi) is 22.0. The van der Waals surface area contributed by atoms with Gasteiger partial charge in [-0.15, -0.1) is 0 Å². The topological polar surface area (TPSA) is 55.4 Å². The molecule has 6 saturated carbocycles. The summed E-state index contributed by atoms with van der Waals surface area (Å²) in [4.78, 5) is 0. The first-order chi connectivity index (χ1) is 40.5. The molecule has 0 N–H and O–H groups in total. The Labute approximate surface area is 509 Å². The molecule has 6 nitrogen and oxygen atoms in total. The lowest BCUT2D eigenvalue weighted by atomic mass is 9.69. The molecule has 12 rings (SSSR count). The zero-order valence-electron chi connectivity index (χ0n) is 51.9. The zero-order valence-corrected chi connectivity index (χ0v) is 51.9. The van der Waals surface area contributed by atoms with Gasteiger partial charge in [0.05, 0.1) is 38.1 Å². The summed E-state index contributed by atoms with van der Waals surface area (Å²) < 4.78 is 120. The van der Waals surface area contributed by atoms with Gasteiger partial charge in [0.1, 0.15) is 0 Å². The van der Waals surface area contributed by atoms with Crippen molar-refractivity contribution in [1.29, 1.82) is 0 Å². The third-order valence-electron chi connectivity index (χ3n) is 22.3. The SMILES string of the molecule is CC1CCC(C2CCC(COc3cc4c(c(F)c3F)OC(C)CC4)CC2)CC1.CC1CCC(C2CCC(COc3cc4c(c(F)c3F)OC(C)CC4)CC2)CC1.CC1CCC(C2CCC(COc3cc4c(c(F)c3F)OC(C)CC4)CC2)CC1.[HH].[HH].[HH].[HH].[HH].[HH]. The van der Waals surface area contributed by atoms with Gasteiger partial charge in [-0.05, 0) is 264 Å². The Bertz CT molecular complexity index is 2330. The van der Waals surface area contributed by atoms with Crippen LogP contribution in [0.4, 0.5) is 26.3 Å². The highest BCUT2D eigenvalue weighted by Crippen LogP contribution is 2.46. The number of rotatable bonds is 12. The highest BCUT2D eigenvalue weighted by atomic mass is 19.2. The van der Waals surface area contributed by atoms with Crippen LogP contribution in [0.5, 0.6) is 34.5 Å². The Balaban J connectivity index is 0.000000279. The molecule has 0 bridgehead atoms. The van der Waals surface area contributed by atoms with Crippen LogP contribution in [0.25, 0.3) is 0 Å². The van der Waals surface area contributed by atoms with E-state index in [0.717, 1.165) is 128 Å². The van der Waals surface area contributed by atoms with Gasteiger partial charge in [-0.25, -0.2) is 0 Å². The third-order valence-corrected chi connectivity index (χ3v) is 22.3. The first-order valence-corrected chi connectivity index (χ1v) is 33.9. The van der Waals surface area contributed by atoms with E-state index in [2.05, 4.69) is 20.8 Å². The maximum absolute atomic E-state index is 14.4. The number of halogens is 6. The van der Waals surface area contributed by atoms with Crippen LogP contribution in [0.15, 0.2) is 18.2 Å². The van der Waals surface area contributed by atoms with Crippen LogP contribution in [-0.2, 0) is 19.3 Å². The number of aryl methyl sites for hydroxylation is 3. The van der Waals surface area contributed by atoms with E-state index < -0.39 is 34.9 Å². The molecule has 480 valence electrons. The van der Waals surface area contributed by atoms with Crippen LogP contribution >= 0.6 is 0 Å². The first kappa shape index (κ1) is 63.1. The van der Waals surface area contributed by atoms with Crippen LogP contribution < -0.4 is 28.4 Å². The predicted octanol–water partition coefficient (Wildman–Crippen LogP) is 21.5. The largest absolute Gasteiger partial charge is 0.490 e. The fraction of sp³-hybridized carbons (Fsp3) is 0.750. The van der Waals surface area contributed by atoms with Crippen LogP contribution in [0.3, 0.4) is 0 Å². The van der Waals surface area contributed by atoms with E-state index in [1.54, 1.807) is 18.2 Å². The molecule has 0 spiro atoms. The van der Waals surface area contributed by atoms with Crippen LogP contribution in [0.1, 0.15) is 240 Å². The Morgan fingerprint density at radius 2 is 0.524 bits per heavy atom. The van der Waals surface area contributed by atoms with Gasteiger partial charge >= 0.3 is 0 Å². The molecule has 6 aliphatic carbocycles. The maximum Gasteiger partial charge on any atom is 0.204 e. The number of fused-ring (bicyclic) bond motifs is 3. The molecular weight excluding hydrogens is 1070 g/mol. The van der Waals surface area contributed by atoms with Gasteiger partial charge in [0.2, 0.25) is 34.9 Å². The van der Waals surface area contributed by atoms with Crippen molar-refractivity contribution in [3.63, 3.8) is 0 Å². The van der Waals surface area contributed by atoms with E-state index in [1.807, 2.05) is 20.8 Å². The summed E-state index contributed by atoms with van der Waals surface area (Å²) in [7, 11) is 0. The van der Waals surface area contributed by atoms with Gasteiger partial charge in [0, 0.05) is 25.3 Å².